The van der Waals surface area contributed by atoms with Gasteiger partial charge in [0.15, 0.2) is 0 Å². The monoisotopic (exact) mass is 378 g/mol. The highest BCUT2D eigenvalue weighted by Crippen LogP contribution is 2.22. The van der Waals surface area contributed by atoms with Crippen LogP contribution in [0.15, 0.2) is 44.4 Å². The fraction of sp³-hybridized carbons (Fsp3) is 0.500. The number of nitrogens with zero attached hydrogens (tertiary/aromatic N) is 1. The average molecular weight is 378 g/mol. The van der Waals surface area contributed by atoms with Crippen molar-refractivity contribution in [1.29, 1.82) is 0 Å². The van der Waals surface area contributed by atoms with Crippen molar-refractivity contribution in [2.45, 2.75) is 36.2 Å². The van der Waals surface area contributed by atoms with E-state index in [1.807, 2.05) is 0 Å². The Morgan fingerprint density at radius 3 is 2.65 bits per heavy atom. The third-order valence-corrected chi connectivity index (χ3v) is 6.61. The van der Waals surface area contributed by atoms with Crippen LogP contribution in [-0.2, 0) is 14.8 Å². The lowest BCUT2D eigenvalue weighted by Gasteiger charge is -2.34. The lowest BCUT2D eigenvalue weighted by molar-refractivity contribution is 0.126. The van der Waals surface area contributed by atoms with E-state index < -0.39 is 15.6 Å². The standard InChI is InChI=1S/C18H22N2O5S/c21-18-7-4-13-10-14(5-6-17(13)25-18)26(22,23)19-15-11-24-12-16(15)20-8-2-1-3-9-20/h4-7,10,15-16,19H,1-3,8-9,11-12H2/t15-,16-/m0/s1. The van der Waals surface area contributed by atoms with E-state index in [1.165, 1.54) is 30.7 Å². The molecular weight excluding hydrogens is 356 g/mol. The maximum absolute atomic E-state index is 12.8. The molecule has 26 heavy (non-hydrogen) atoms. The van der Waals surface area contributed by atoms with Gasteiger partial charge in [0.25, 0.3) is 0 Å². The highest BCUT2D eigenvalue weighted by Gasteiger charge is 2.36. The van der Waals surface area contributed by atoms with Crippen LogP contribution >= 0.6 is 0 Å². The van der Waals surface area contributed by atoms with Crippen LogP contribution in [0.5, 0.6) is 0 Å². The molecule has 2 aliphatic rings. The van der Waals surface area contributed by atoms with Gasteiger partial charge in [0.05, 0.1) is 30.2 Å². The van der Waals surface area contributed by atoms with Gasteiger partial charge in [-0.1, -0.05) is 6.42 Å². The fourth-order valence-electron chi connectivity index (χ4n) is 3.75. The Kier molecular flexibility index (Phi) is 4.83. The first-order chi connectivity index (χ1) is 12.5. The van der Waals surface area contributed by atoms with E-state index in [0.717, 1.165) is 25.9 Å². The van der Waals surface area contributed by atoms with Crippen molar-refractivity contribution in [3.8, 4) is 0 Å². The zero-order valence-corrected chi connectivity index (χ0v) is 15.2. The summed E-state index contributed by atoms with van der Waals surface area (Å²) in [6.45, 7) is 2.90. The second kappa shape index (κ2) is 7.11. The summed E-state index contributed by atoms with van der Waals surface area (Å²) in [5, 5.41) is 0.572. The molecule has 1 aromatic heterocycles. The Bertz CT molecular complexity index is 949. The molecule has 0 saturated carbocycles. The Labute approximate surface area is 152 Å². The van der Waals surface area contributed by atoms with Crippen LogP contribution in [-0.4, -0.2) is 51.7 Å². The summed E-state index contributed by atoms with van der Waals surface area (Å²) < 4.78 is 39.1. The number of ether oxygens (including phenoxy) is 1. The molecule has 4 rings (SSSR count). The highest BCUT2D eigenvalue weighted by atomic mass is 32.2. The topological polar surface area (TPSA) is 88.8 Å². The molecule has 140 valence electrons. The molecule has 1 aromatic carbocycles. The minimum Gasteiger partial charge on any atom is -0.423 e. The van der Waals surface area contributed by atoms with Gasteiger partial charge in [-0.15, -0.1) is 0 Å². The second-order valence-corrected chi connectivity index (χ2v) is 8.60. The third-order valence-electron chi connectivity index (χ3n) is 5.12. The van der Waals surface area contributed by atoms with Crippen LogP contribution in [0.3, 0.4) is 0 Å². The van der Waals surface area contributed by atoms with Crippen molar-refractivity contribution >= 4 is 21.0 Å². The maximum Gasteiger partial charge on any atom is 0.336 e. The zero-order chi connectivity index (χ0) is 18.1. The van der Waals surface area contributed by atoms with Crippen LogP contribution in [0.4, 0.5) is 0 Å². The van der Waals surface area contributed by atoms with Gasteiger partial charge in [0, 0.05) is 11.5 Å². The molecule has 0 spiro atoms. The molecule has 2 atom stereocenters. The predicted molar refractivity (Wildman–Crippen MR) is 96.6 cm³/mol. The fourth-order valence-corrected chi connectivity index (χ4v) is 5.04. The number of fused-ring (bicyclic) bond motifs is 1. The summed E-state index contributed by atoms with van der Waals surface area (Å²) in [4.78, 5) is 13.8. The van der Waals surface area contributed by atoms with Crippen molar-refractivity contribution in [3.05, 3.63) is 40.8 Å². The van der Waals surface area contributed by atoms with Gasteiger partial charge in [0.1, 0.15) is 5.58 Å². The first-order valence-electron chi connectivity index (χ1n) is 8.91. The van der Waals surface area contributed by atoms with Crippen LogP contribution in [0.2, 0.25) is 0 Å². The number of hydrogen-bond acceptors (Lipinski definition) is 6. The Morgan fingerprint density at radius 1 is 1.04 bits per heavy atom. The van der Waals surface area contributed by atoms with E-state index in [4.69, 9.17) is 9.15 Å². The summed E-state index contributed by atoms with van der Waals surface area (Å²) in [5.74, 6) is 0. The quantitative estimate of drug-likeness (QED) is 0.808. The largest absolute Gasteiger partial charge is 0.423 e. The van der Waals surface area contributed by atoms with E-state index in [2.05, 4.69) is 9.62 Å². The van der Waals surface area contributed by atoms with Gasteiger partial charge >= 0.3 is 5.63 Å². The highest BCUT2D eigenvalue weighted by molar-refractivity contribution is 7.89. The molecule has 2 saturated heterocycles. The van der Waals surface area contributed by atoms with Gasteiger partial charge in [-0.05, 0) is 50.2 Å². The SMILES string of the molecule is O=c1ccc2cc(S(=O)(=O)N[C@H]3COC[C@@H]3N3CCCCC3)ccc2o1. The van der Waals surface area contributed by atoms with Gasteiger partial charge in [-0.3, -0.25) is 4.90 Å². The molecule has 1 N–H and O–H groups in total. The Balaban J connectivity index is 1.56. The van der Waals surface area contributed by atoms with E-state index >= 15 is 0 Å². The number of sulfonamides is 1. The smallest absolute Gasteiger partial charge is 0.336 e. The van der Waals surface area contributed by atoms with Gasteiger partial charge in [-0.25, -0.2) is 17.9 Å². The summed E-state index contributed by atoms with van der Waals surface area (Å²) in [6, 6.07) is 7.15. The van der Waals surface area contributed by atoms with Crippen molar-refractivity contribution < 1.29 is 17.6 Å². The lowest BCUT2D eigenvalue weighted by atomic mass is 10.1. The average Bonchev–Trinajstić information content (AvgIpc) is 3.09. The first-order valence-corrected chi connectivity index (χ1v) is 10.4. The predicted octanol–water partition coefficient (Wildman–Crippen LogP) is 1.32. The summed E-state index contributed by atoms with van der Waals surface area (Å²) in [5.41, 5.74) is -0.0921. The van der Waals surface area contributed by atoms with Gasteiger partial charge in [0.2, 0.25) is 10.0 Å². The number of nitrogens with one attached hydrogen (secondary N) is 1. The molecule has 0 unspecified atom stereocenters. The third kappa shape index (κ3) is 3.55. The molecule has 3 heterocycles. The summed E-state index contributed by atoms with van der Waals surface area (Å²) in [6.07, 6.45) is 3.52. The number of benzene rings is 1. The minimum absolute atomic E-state index is 0.0727. The first kappa shape index (κ1) is 17.7. The number of hydrogen-bond donors (Lipinski definition) is 1. The number of rotatable bonds is 4. The van der Waals surface area contributed by atoms with Crippen LogP contribution < -0.4 is 10.3 Å². The Hall–Kier alpha value is -1.74. The second-order valence-electron chi connectivity index (χ2n) is 6.88. The van der Waals surface area contributed by atoms with Crippen LogP contribution in [0, 0.1) is 0 Å². The van der Waals surface area contributed by atoms with Gasteiger partial charge in [-0.2, -0.15) is 0 Å². The minimum atomic E-state index is -3.69. The molecule has 7 nitrogen and oxygen atoms in total. The van der Waals surface area contributed by atoms with Crippen molar-refractivity contribution in [3.63, 3.8) is 0 Å². The summed E-state index contributed by atoms with van der Waals surface area (Å²) in [7, 11) is -3.69. The maximum atomic E-state index is 12.8. The molecule has 0 aliphatic carbocycles. The van der Waals surface area contributed by atoms with Crippen LogP contribution in [0.1, 0.15) is 19.3 Å². The van der Waals surface area contributed by atoms with Crippen LogP contribution in [0.25, 0.3) is 11.0 Å². The van der Waals surface area contributed by atoms with E-state index in [-0.39, 0.29) is 17.0 Å². The summed E-state index contributed by atoms with van der Waals surface area (Å²) >= 11 is 0. The molecule has 0 amide bonds. The molecule has 0 bridgehead atoms. The number of piperidine rings is 1. The molecule has 2 aliphatic heterocycles. The molecule has 2 fully saturated rings. The van der Waals surface area contributed by atoms with Crippen molar-refractivity contribution in [2.75, 3.05) is 26.3 Å². The van der Waals surface area contributed by atoms with E-state index in [0.29, 0.717) is 24.2 Å². The molecule has 2 aromatic rings. The molecule has 8 heteroatoms. The molecular formula is C18H22N2O5S. The Morgan fingerprint density at radius 2 is 1.85 bits per heavy atom. The normalized spacial score (nSPS) is 24.9. The lowest BCUT2D eigenvalue weighted by Crippen LogP contribution is -2.52. The van der Waals surface area contributed by atoms with Gasteiger partial charge < -0.3 is 9.15 Å². The zero-order valence-electron chi connectivity index (χ0n) is 14.4. The van der Waals surface area contributed by atoms with E-state index in [1.54, 1.807) is 6.07 Å². The van der Waals surface area contributed by atoms with Crippen molar-refractivity contribution in [2.24, 2.45) is 0 Å². The number of likely N-dealkylation sites (tertiary alicyclic amines) is 1. The molecule has 0 radical (unpaired) electrons. The van der Waals surface area contributed by atoms with E-state index in [9.17, 15) is 13.2 Å². The van der Waals surface area contributed by atoms with Crippen molar-refractivity contribution in [1.82, 2.24) is 9.62 Å².